The Morgan fingerprint density at radius 2 is 1.91 bits per heavy atom. The highest BCUT2D eigenvalue weighted by atomic mass is 16.5. The van der Waals surface area contributed by atoms with Gasteiger partial charge in [-0.3, -0.25) is 0 Å². The number of hydrogen-bond acceptors (Lipinski definition) is 7. The van der Waals surface area contributed by atoms with Gasteiger partial charge in [0.15, 0.2) is 0 Å². The van der Waals surface area contributed by atoms with Crippen molar-refractivity contribution in [3.63, 3.8) is 0 Å². The summed E-state index contributed by atoms with van der Waals surface area (Å²) in [5, 5.41) is 13.9. The van der Waals surface area contributed by atoms with Gasteiger partial charge in [-0.2, -0.15) is 0 Å². The van der Waals surface area contributed by atoms with Crippen molar-refractivity contribution in [3.05, 3.63) is 48.5 Å². The number of aliphatic hydroxyl groups is 1. The zero-order valence-electron chi connectivity index (χ0n) is 18.9. The van der Waals surface area contributed by atoms with Crippen LogP contribution < -0.4 is 19.7 Å². The van der Waals surface area contributed by atoms with Crippen LogP contribution in [-0.4, -0.2) is 69.8 Å². The molecule has 1 aliphatic heterocycles. The fraction of sp³-hybridized carbons (Fsp3) is 0.400. The second-order valence-corrected chi connectivity index (χ2v) is 8.05. The Labute approximate surface area is 188 Å². The smallest absolute Gasteiger partial charge is 0.121 e. The van der Waals surface area contributed by atoms with Gasteiger partial charge in [0.05, 0.1) is 24.4 Å². The minimum absolute atomic E-state index is 0.244. The maximum absolute atomic E-state index is 9.84. The summed E-state index contributed by atoms with van der Waals surface area (Å²) in [6.45, 7) is 2.55. The zero-order chi connectivity index (χ0) is 22.5. The van der Waals surface area contributed by atoms with Crippen LogP contribution in [-0.2, 0) is 4.74 Å². The minimum atomic E-state index is -0.546. The number of nitrogens with zero attached hydrogens (tertiary/aromatic N) is 2. The molecule has 1 fully saturated rings. The number of likely N-dealkylation sites (N-methyl/N-ethyl adjacent to an activating group) is 1. The molecule has 3 aromatic rings. The third-order valence-electron chi connectivity index (χ3n) is 5.85. The van der Waals surface area contributed by atoms with Crippen molar-refractivity contribution >= 4 is 16.6 Å². The van der Waals surface area contributed by atoms with Crippen molar-refractivity contribution in [1.29, 1.82) is 0 Å². The Hall–Kier alpha value is -2.87. The zero-order valence-corrected chi connectivity index (χ0v) is 18.9. The van der Waals surface area contributed by atoms with Crippen LogP contribution >= 0.6 is 0 Å². The first-order chi connectivity index (χ1) is 15.6. The first-order valence-corrected chi connectivity index (χ1v) is 10.9. The topological polar surface area (TPSA) is 76.1 Å². The highest BCUT2D eigenvalue weighted by molar-refractivity contribution is 5.95. The summed E-state index contributed by atoms with van der Waals surface area (Å²) in [5.41, 5.74) is 3.95. The molecule has 1 aliphatic rings. The van der Waals surface area contributed by atoms with Crippen molar-refractivity contribution in [1.82, 2.24) is 10.3 Å². The molecule has 1 aromatic heterocycles. The van der Waals surface area contributed by atoms with Crippen LogP contribution in [0.25, 0.3) is 22.2 Å². The first-order valence-electron chi connectivity index (χ1n) is 10.9. The number of anilines is 1. The molecular formula is C25H31N3O4. The van der Waals surface area contributed by atoms with Gasteiger partial charge in [0.1, 0.15) is 24.2 Å². The maximum Gasteiger partial charge on any atom is 0.121 e. The van der Waals surface area contributed by atoms with Gasteiger partial charge in [-0.1, -0.05) is 0 Å². The lowest BCUT2D eigenvalue weighted by molar-refractivity contribution is 0.108. The predicted octanol–water partition coefficient (Wildman–Crippen LogP) is 3.09. The van der Waals surface area contributed by atoms with Crippen LogP contribution in [0.15, 0.2) is 48.5 Å². The molecule has 2 atom stereocenters. The number of fused-ring (bicyclic) bond motifs is 1. The van der Waals surface area contributed by atoms with Crippen LogP contribution in [0.5, 0.6) is 11.5 Å². The number of rotatable bonds is 9. The van der Waals surface area contributed by atoms with Crippen molar-refractivity contribution in [3.8, 4) is 22.8 Å². The van der Waals surface area contributed by atoms with Gasteiger partial charge in [0, 0.05) is 49.4 Å². The number of aromatic nitrogens is 1. The number of pyridine rings is 1. The van der Waals surface area contributed by atoms with E-state index in [4.69, 9.17) is 19.2 Å². The third kappa shape index (κ3) is 4.96. The summed E-state index contributed by atoms with van der Waals surface area (Å²) in [5.74, 6) is 1.50. The number of benzene rings is 2. The lowest BCUT2D eigenvalue weighted by atomic mass is 10.1. The van der Waals surface area contributed by atoms with E-state index in [9.17, 15) is 5.11 Å². The van der Waals surface area contributed by atoms with Crippen molar-refractivity contribution in [2.75, 3.05) is 52.4 Å². The Balaban J connectivity index is 1.64. The Morgan fingerprint density at radius 1 is 1.12 bits per heavy atom. The normalized spacial score (nSPS) is 17.0. The molecule has 0 amide bonds. The standard InChI is InChI=1S/C25H31N3O4/c1-26-14-18(29)16-32-19-6-4-17(5-7-19)23-13-25(28-11-10-21(15-28)31-3)22-9-8-20(30-2)12-24(22)27-23/h4-9,12-13,18,21,26,29H,10-11,14-16H2,1-3H3. The molecule has 2 heterocycles. The molecule has 1 saturated heterocycles. The van der Waals surface area contributed by atoms with Gasteiger partial charge in [-0.05, 0) is 55.9 Å². The van der Waals surface area contributed by atoms with E-state index in [-0.39, 0.29) is 12.7 Å². The average molecular weight is 438 g/mol. The summed E-state index contributed by atoms with van der Waals surface area (Å²) in [7, 11) is 5.24. The second-order valence-electron chi connectivity index (χ2n) is 8.05. The minimum Gasteiger partial charge on any atom is -0.497 e. The van der Waals surface area contributed by atoms with Crippen LogP contribution in [0.1, 0.15) is 6.42 Å². The summed E-state index contributed by atoms with van der Waals surface area (Å²) in [6, 6.07) is 16.0. The molecule has 0 bridgehead atoms. The van der Waals surface area contributed by atoms with Crippen LogP contribution in [0, 0.1) is 0 Å². The lowest BCUT2D eigenvalue weighted by Crippen LogP contribution is -2.29. The molecule has 4 rings (SSSR count). The summed E-state index contributed by atoms with van der Waals surface area (Å²) >= 11 is 0. The molecule has 2 N–H and O–H groups in total. The molecule has 170 valence electrons. The van der Waals surface area contributed by atoms with E-state index in [0.717, 1.165) is 53.1 Å². The Morgan fingerprint density at radius 3 is 2.59 bits per heavy atom. The van der Waals surface area contributed by atoms with Gasteiger partial charge < -0.3 is 29.5 Å². The van der Waals surface area contributed by atoms with Crippen LogP contribution in [0.2, 0.25) is 0 Å². The second kappa shape index (κ2) is 10.2. The van der Waals surface area contributed by atoms with E-state index in [2.05, 4.69) is 22.3 Å². The number of ether oxygens (including phenoxy) is 3. The van der Waals surface area contributed by atoms with E-state index < -0.39 is 6.10 Å². The molecule has 0 spiro atoms. The van der Waals surface area contributed by atoms with Gasteiger partial charge >= 0.3 is 0 Å². The third-order valence-corrected chi connectivity index (χ3v) is 5.85. The maximum atomic E-state index is 9.84. The monoisotopic (exact) mass is 437 g/mol. The van der Waals surface area contributed by atoms with Gasteiger partial charge in [-0.15, -0.1) is 0 Å². The average Bonchev–Trinajstić information content (AvgIpc) is 3.31. The first kappa shape index (κ1) is 22.3. The fourth-order valence-electron chi connectivity index (χ4n) is 4.07. The lowest BCUT2D eigenvalue weighted by Gasteiger charge is -2.22. The Kier molecular flexibility index (Phi) is 7.09. The number of aliphatic hydroxyl groups excluding tert-OH is 1. The van der Waals surface area contributed by atoms with E-state index in [1.54, 1.807) is 21.3 Å². The largest absolute Gasteiger partial charge is 0.497 e. The highest BCUT2D eigenvalue weighted by Gasteiger charge is 2.24. The molecule has 2 aromatic carbocycles. The summed E-state index contributed by atoms with van der Waals surface area (Å²) in [6.07, 6.45) is 0.711. The molecule has 0 radical (unpaired) electrons. The fourth-order valence-corrected chi connectivity index (χ4v) is 4.07. The number of methoxy groups -OCH3 is 2. The SMILES string of the molecule is CNCC(O)COc1ccc(-c2cc(N3CCC(OC)C3)c3ccc(OC)cc3n2)cc1. The van der Waals surface area contributed by atoms with Gasteiger partial charge in [0.25, 0.3) is 0 Å². The van der Waals surface area contributed by atoms with Gasteiger partial charge in [-0.25, -0.2) is 4.98 Å². The molecule has 32 heavy (non-hydrogen) atoms. The van der Waals surface area contributed by atoms with Gasteiger partial charge in [0.2, 0.25) is 0 Å². The number of hydrogen-bond donors (Lipinski definition) is 2. The van der Waals surface area contributed by atoms with E-state index >= 15 is 0 Å². The van der Waals surface area contributed by atoms with Crippen molar-refractivity contribution < 1.29 is 19.3 Å². The van der Waals surface area contributed by atoms with Crippen molar-refractivity contribution in [2.45, 2.75) is 18.6 Å². The summed E-state index contributed by atoms with van der Waals surface area (Å²) in [4.78, 5) is 7.30. The van der Waals surface area contributed by atoms with E-state index in [0.29, 0.717) is 12.3 Å². The quantitative estimate of drug-likeness (QED) is 0.533. The Bertz CT molecular complexity index is 1040. The molecule has 0 saturated carbocycles. The molecule has 2 unspecified atom stereocenters. The van der Waals surface area contributed by atoms with E-state index in [1.807, 2.05) is 36.4 Å². The summed E-state index contributed by atoms with van der Waals surface area (Å²) < 4.78 is 16.7. The highest BCUT2D eigenvalue weighted by Crippen LogP contribution is 2.35. The van der Waals surface area contributed by atoms with Crippen LogP contribution in [0.3, 0.4) is 0 Å². The molecule has 7 heteroatoms. The van der Waals surface area contributed by atoms with Crippen LogP contribution in [0.4, 0.5) is 5.69 Å². The predicted molar refractivity (Wildman–Crippen MR) is 127 cm³/mol. The molecular weight excluding hydrogens is 406 g/mol. The van der Waals surface area contributed by atoms with E-state index in [1.165, 1.54) is 0 Å². The molecule has 0 aliphatic carbocycles. The molecule has 7 nitrogen and oxygen atoms in total. The number of nitrogens with one attached hydrogen (secondary N) is 1. The van der Waals surface area contributed by atoms with Crippen molar-refractivity contribution in [2.24, 2.45) is 0 Å².